The molecule has 1 rings (SSSR count). The van der Waals surface area contributed by atoms with Crippen LogP contribution in [0.1, 0.15) is 6.92 Å². The van der Waals surface area contributed by atoms with Gasteiger partial charge >= 0.3 is 103 Å². The van der Waals surface area contributed by atoms with Crippen molar-refractivity contribution < 1.29 is 56.8 Å². The van der Waals surface area contributed by atoms with E-state index in [1.165, 1.54) is 10.00 Å². The van der Waals surface area contributed by atoms with Crippen LogP contribution >= 0.6 is 0 Å². The first-order valence-corrected chi connectivity index (χ1v) is 9.18. The van der Waals surface area contributed by atoms with E-state index in [0.717, 1.165) is 0 Å². The summed E-state index contributed by atoms with van der Waals surface area (Å²) in [5.74, 6) is -0.143. The van der Waals surface area contributed by atoms with Crippen LogP contribution in [-0.4, -0.2) is 5.97 Å². The summed E-state index contributed by atoms with van der Waals surface area (Å²) in [5, 5.41) is 0. The van der Waals surface area contributed by atoms with Gasteiger partial charge in [-0.25, -0.2) is 0 Å². The van der Waals surface area contributed by atoms with Crippen LogP contribution in [-0.2, 0) is 56.8 Å². The molecule has 0 saturated carbocycles. The van der Waals surface area contributed by atoms with Crippen LogP contribution < -0.4 is 3.07 Å². The number of carbonyl (C=O) groups excluding carboxylic acids is 1. The zero-order valence-corrected chi connectivity index (χ0v) is 14.1. The third kappa shape index (κ3) is 7.25. The van der Waals surface area contributed by atoms with Crippen LogP contribution in [0.25, 0.3) is 0 Å². The van der Waals surface area contributed by atoms with Crippen molar-refractivity contribution >= 4 is 9.04 Å². The van der Waals surface area contributed by atoms with Gasteiger partial charge in [0.1, 0.15) is 0 Å². The monoisotopic (exact) mass is 461 g/mol. The molecule has 0 unspecified atom stereocenters. The van der Waals surface area contributed by atoms with Gasteiger partial charge in [-0.3, -0.25) is 0 Å². The van der Waals surface area contributed by atoms with Crippen molar-refractivity contribution in [2.45, 2.75) is 6.92 Å². The van der Waals surface area contributed by atoms with Gasteiger partial charge in [0, 0.05) is 0 Å². The molecule has 0 bridgehead atoms. The minimum atomic E-state index is -1.52. The molecule has 13 heavy (non-hydrogen) atoms. The van der Waals surface area contributed by atoms with Crippen LogP contribution in [0.5, 0.6) is 0 Å². The number of carbonyl (C=O) groups is 1. The molecule has 0 saturated heterocycles. The summed E-state index contributed by atoms with van der Waals surface area (Å²) in [4.78, 5) is 10.5. The van der Waals surface area contributed by atoms with Gasteiger partial charge in [-0.1, -0.05) is 0 Å². The molecule has 1 aromatic rings. The Morgan fingerprint density at radius 2 is 1.85 bits per heavy atom. The Morgan fingerprint density at radius 1 is 1.31 bits per heavy atom. The summed E-state index contributed by atoms with van der Waals surface area (Å²) in [5.41, 5.74) is 0. The minimum absolute atomic E-state index is 0.143. The molecule has 0 spiro atoms. The van der Waals surface area contributed by atoms with E-state index in [9.17, 15) is 4.79 Å². The van der Waals surface area contributed by atoms with E-state index in [1.807, 2.05) is 30.3 Å². The van der Waals surface area contributed by atoms with Crippen molar-refractivity contribution in [3.8, 4) is 0 Å². The predicted molar refractivity (Wildman–Crippen MR) is 38.5 cm³/mol. The van der Waals surface area contributed by atoms with Gasteiger partial charge in [-0.2, -0.15) is 0 Å². The summed E-state index contributed by atoms with van der Waals surface area (Å²) in [7, 11) is 0. The van der Waals surface area contributed by atoms with E-state index >= 15 is 0 Å². The third-order valence-electron chi connectivity index (χ3n) is 1.28. The molecule has 71 valence electrons. The fourth-order valence-electron chi connectivity index (χ4n) is 0.759. The molecule has 0 radical (unpaired) electrons. The van der Waals surface area contributed by atoms with Crippen LogP contribution in [0.15, 0.2) is 30.3 Å². The molecule has 0 amide bonds. The molecular weight excluding hydrogens is 453 g/mol. The van der Waals surface area contributed by atoms with Gasteiger partial charge in [0.2, 0.25) is 0 Å². The van der Waals surface area contributed by atoms with E-state index in [1.54, 1.807) is 21.0 Å². The van der Waals surface area contributed by atoms with Gasteiger partial charge < -0.3 is 0 Å². The first-order chi connectivity index (χ1) is 6.29. The van der Waals surface area contributed by atoms with Crippen molar-refractivity contribution in [3.05, 3.63) is 30.3 Å². The molecule has 0 aromatic heterocycles. The van der Waals surface area contributed by atoms with Gasteiger partial charge in [0.05, 0.1) is 0 Å². The number of hydrogen-bond donors (Lipinski definition) is 0. The van der Waals surface area contributed by atoms with Gasteiger partial charge in [0.25, 0.3) is 0 Å². The Hall–Kier alpha value is 0.165. The molecule has 0 heterocycles. The Bertz CT molecular complexity index is 253. The summed E-state index contributed by atoms with van der Waals surface area (Å²) in [6.45, 7) is 1.46. The average molecular weight is 461 g/mol. The van der Waals surface area contributed by atoms with Gasteiger partial charge in [-0.15, -0.1) is 0 Å². The van der Waals surface area contributed by atoms with Crippen LogP contribution in [0, 0.1) is 0 Å². The second-order valence-corrected chi connectivity index (χ2v) is 7.68. The topological polar surface area (TPSA) is 43.4 Å². The van der Waals surface area contributed by atoms with Gasteiger partial charge in [-0.05, 0) is 0 Å². The van der Waals surface area contributed by atoms with Crippen molar-refractivity contribution in [1.29, 1.82) is 0 Å². The average Bonchev–Trinajstić information content (AvgIpc) is 2.19. The zero-order chi connectivity index (χ0) is 10.1. The Balaban J connectivity index is 0.000000671. The van der Waals surface area contributed by atoms with E-state index in [-0.39, 0.29) is 5.97 Å². The molecule has 1 aromatic carbocycles. The first-order valence-electron chi connectivity index (χ1n) is 3.58. The fourth-order valence-corrected chi connectivity index (χ4v) is 4.00. The van der Waals surface area contributed by atoms with Crippen LogP contribution in [0.2, 0.25) is 0 Å². The summed E-state index contributed by atoms with van der Waals surface area (Å²) >= 11 is 0.184. The second kappa shape index (κ2) is 8.75. The van der Waals surface area contributed by atoms with Crippen LogP contribution in [0.4, 0.5) is 0 Å². The molecular formula is C8H8AgHgO3. The standard InChI is InChI=1S/C6H5.C2H4O2.Ag.Hg.O/c1-2-4-6-5-3-1;1-2(3)4;;;/h1-5H;1H3,(H,3,4);;;/q;;;+1;/p-1. The molecule has 0 atom stereocenters. The quantitative estimate of drug-likeness (QED) is 0.612. The number of hydrogen-bond acceptors (Lipinski definition) is 3. The molecule has 0 aliphatic carbocycles. The van der Waals surface area contributed by atoms with E-state index in [0.29, 0.717) is 0 Å². The Labute approximate surface area is 102 Å². The SMILES string of the molecule is CC(=O)[O][Hg][c]1ccccc1.[O]=[Ag]. The fraction of sp³-hybridized carbons (Fsp3) is 0.125. The maximum atomic E-state index is 10.5. The number of benzene rings is 1. The zero-order valence-electron chi connectivity index (χ0n) is 7.12. The van der Waals surface area contributed by atoms with E-state index in [4.69, 9.17) is 5.89 Å². The normalized spacial score (nSPS) is 7.62. The Morgan fingerprint density at radius 3 is 2.31 bits per heavy atom. The number of rotatable bonds is 2. The van der Waals surface area contributed by atoms with Crippen LogP contribution in [0.3, 0.4) is 0 Å². The molecule has 0 fully saturated rings. The van der Waals surface area contributed by atoms with Crippen molar-refractivity contribution in [2.75, 3.05) is 0 Å². The Kier molecular flexibility index (Phi) is 8.86. The molecule has 0 N–H and O–H groups in total. The van der Waals surface area contributed by atoms with Crippen molar-refractivity contribution in [3.63, 3.8) is 0 Å². The first kappa shape index (κ1) is 13.2. The summed E-state index contributed by atoms with van der Waals surface area (Å²) < 4.78 is 14.3. The second-order valence-electron chi connectivity index (χ2n) is 2.27. The summed E-state index contributed by atoms with van der Waals surface area (Å²) in [6, 6.07) is 9.94. The van der Waals surface area contributed by atoms with Gasteiger partial charge in [0.15, 0.2) is 0 Å². The third-order valence-corrected chi connectivity index (χ3v) is 6.55. The van der Waals surface area contributed by atoms with Crippen molar-refractivity contribution in [2.24, 2.45) is 0 Å². The predicted octanol–water partition coefficient (Wildman–Crippen LogP) is 0.751. The molecule has 3 nitrogen and oxygen atoms in total. The molecule has 5 heteroatoms. The van der Waals surface area contributed by atoms with E-state index < -0.39 is 25.0 Å². The molecule has 0 aliphatic rings. The van der Waals surface area contributed by atoms with E-state index in [2.05, 4.69) is 0 Å². The van der Waals surface area contributed by atoms with Crippen molar-refractivity contribution in [1.82, 2.24) is 0 Å². The molecule has 0 aliphatic heterocycles. The summed E-state index contributed by atoms with van der Waals surface area (Å²) in [6.07, 6.45) is 0. The maximum absolute atomic E-state index is 10.5.